The van der Waals surface area contributed by atoms with Gasteiger partial charge >= 0.3 is 13.9 Å². The molecular formula is C24H31N2O6P. The second-order valence-electron chi connectivity index (χ2n) is 8.03. The maximum absolute atomic E-state index is 13.6. The topological polar surface area (TPSA) is 105 Å². The quantitative estimate of drug-likeness (QED) is 0.334. The maximum Gasteiger partial charge on any atom is 0.474 e. The van der Waals surface area contributed by atoms with Crippen molar-refractivity contribution in [3.8, 4) is 0 Å². The van der Waals surface area contributed by atoms with Crippen molar-refractivity contribution >= 4 is 19.8 Å². The third-order valence-corrected chi connectivity index (χ3v) is 6.65. The molecule has 0 radical (unpaired) electrons. The molecule has 2 aromatic rings. The van der Waals surface area contributed by atoms with Gasteiger partial charge in [-0.25, -0.2) is 14.3 Å². The van der Waals surface area contributed by atoms with Crippen LogP contribution < -0.4 is 5.32 Å². The molecule has 0 spiro atoms. The van der Waals surface area contributed by atoms with Gasteiger partial charge in [-0.15, -0.1) is 0 Å². The predicted octanol–water partition coefficient (Wildman–Crippen LogP) is 4.93. The van der Waals surface area contributed by atoms with Gasteiger partial charge in [0.1, 0.15) is 6.73 Å². The average Bonchev–Trinajstić information content (AvgIpc) is 3.07. The van der Waals surface area contributed by atoms with Crippen molar-refractivity contribution in [3.05, 3.63) is 71.8 Å². The van der Waals surface area contributed by atoms with Crippen LogP contribution in [0.25, 0.3) is 0 Å². The van der Waals surface area contributed by atoms with Crippen LogP contribution in [-0.4, -0.2) is 34.6 Å². The molecule has 33 heavy (non-hydrogen) atoms. The van der Waals surface area contributed by atoms with Crippen molar-refractivity contribution < 1.29 is 28.1 Å². The highest BCUT2D eigenvalue weighted by atomic mass is 31.2. The Labute approximate surface area is 194 Å². The van der Waals surface area contributed by atoms with Crippen LogP contribution in [0.2, 0.25) is 0 Å². The summed E-state index contributed by atoms with van der Waals surface area (Å²) in [5, 5.41) is 2.77. The highest BCUT2D eigenvalue weighted by molar-refractivity contribution is 7.47. The average molecular weight is 474 g/mol. The second-order valence-corrected chi connectivity index (χ2v) is 9.44. The molecule has 1 saturated heterocycles. The van der Waals surface area contributed by atoms with Gasteiger partial charge in [-0.05, 0) is 24.0 Å². The first-order chi connectivity index (χ1) is 15.8. The van der Waals surface area contributed by atoms with Gasteiger partial charge in [-0.1, -0.05) is 93.8 Å². The van der Waals surface area contributed by atoms with Gasteiger partial charge in [0.25, 0.3) is 5.91 Å². The van der Waals surface area contributed by atoms with Crippen molar-refractivity contribution in [2.75, 3.05) is 6.73 Å². The summed E-state index contributed by atoms with van der Waals surface area (Å²) in [7, 11) is -4.48. The number of phosphoric acid groups is 1. The van der Waals surface area contributed by atoms with Gasteiger partial charge in [-0.2, -0.15) is 0 Å². The first-order valence-electron chi connectivity index (χ1n) is 11.2. The summed E-state index contributed by atoms with van der Waals surface area (Å²) >= 11 is 0. The van der Waals surface area contributed by atoms with Crippen molar-refractivity contribution in [2.24, 2.45) is 0 Å². The molecule has 2 aromatic carbocycles. The number of amides is 3. The number of benzene rings is 2. The summed E-state index contributed by atoms with van der Waals surface area (Å²) in [6.07, 6.45) is 3.40. The Balaban J connectivity index is 1.80. The Morgan fingerprint density at radius 2 is 1.55 bits per heavy atom. The molecule has 0 bridgehead atoms. The van der Waals surface area contributed by atoms with Gasteiger partial charge < -0.3 is 10.2 Å². The van der Waals surface area contributed by atoms with Crippen molar-refractivity contribution in [2.45, 2.75) is 57.6 Å². The van der Waals surface area contributed by atoms with E-state index in [4.69, 9.17) is 9.05 Å². The van der Waals surface area contributed by atoms with E-state index in [-0.39, 0.29) is 0 Å². The summed E-state index contributed by atoms with van der Waals surface area (Å²) in [6, 6.07) is 17.0. The third kappa shape index (κ3) is 5.71. The van der Waals surface area contributed by atoms with E-state index in [1.807, 2.05) is 26.0 Å². The zero-order chi connectivity index (χ0) is 23.9. The van der Waals surface area contributed by atoms with Gasteiger partial charge in [0.15, 0.2) is 5.54 Å². The molecular weight excluding hydrogens is 443 g/mol. The summed E-state index contributed by atoms with van der Waals surface area (Å²) < 4.78 is 23.0. The second kappa shape index (κ2) is 11.1. The van der Waals surface area contributed by atoms with Crippen molar-refractivity contribution in [1.82, 2.24) is 10.2 Å². The first-order valence-corrected chi connectivity index (χ1v) is 12.7. The molecule has 1 fully saturated rings. The van der Waals surface area contributed by atoms with Crippen molar-refractivity contribution in [3.63, 3.8) is 0 Å². The van der Waals surface area contributed by atoms with Crippen LogP contribution in [0.1, 0.15) is 57.1 Å². The number of hydrogen-bond donors (Lipinski definition) is 2. The Kier molecular flexibility index (Phi) is 8.43. The van der Waals surface area contributed by atoms with Crippen molar-refractivity contribution in [1.29, 1.82) is 0 Å². The van der Waals surface area contributed by atoms with E-state index < -0.39 is 38.1 Å². The molecule has 0 aromatic heterocycles. The lowest BCUT2D eigenvalue weighted by Gasteiger charge is -2.28. The Morgan fingerprint density at radius 1 is 0.970 bits per heavy atom. The fourth-order valence-electron chi connectivity index (χ4n) is 3.98. The minimum absolute atomic E-state index is 0.429. The highest BCUT2D eigenvalue weighted by Crippen LogP contribution is 2.46. The number of phosphoric ester groups is 1. The largest absolute Gasteiger partial charge is 0.474 e. The molecule has 0 aliphatic carbocycles. The number of carbonyl (C=O) groups excluding carboxylic acids is 2. The number of hydrogen-bond acceptors (Lipinski definition) is 5. The number of nitrogens with one attached hydrogen (secondary N) is 1. The van der Waals surface area contributed by atoms with Gasteiger partial charge in [0.2, 0.25) is 0 Å². The van der Waals surface area contributed by atoms with E-state index in [0.717, 1.165) is 24.2 Å². The van der Waals surface area contributed by atoms with Gasteiger partial charge in [-0.3, -0.25) is 13.8 Å². The smallest absolute Gasteiger partial charge is 0.315 e. The lowest BCUT2D eigenvalue weighted by atomic mass is 9.83. The first kappa shape index (κ1) is 25.1. The zero-order valence-corrected chi connectivity index (χ0v) is 19.9. The Hall–Kier alpha value is -2.51. The van der Waals surface area contributed by atoms with Crippen LogP contribution in [0, 0.1) is 0 Å². The number of unbranched alkanes of at least 4 members (excludes halogenated alkanes) is 1. The molecule has 1 aliphatic rings. The van der Waals surface area contributed by atoms with E-state index in [9.17, 15) is 19.0 Å². The number of imide groups is 1. The molecule has 8 nitrogen and oxygen atoms in total. The number of nitrogens with zero attached hydrogens (tertiary/aromatic N) is 1. The molecule has 1 heterocycles. The summed E-state index contributed by atoms with van der Waals surface area (Å²) in [5.74, 6) is -0.596. The maximum atomic E-state index is 13.6. The molecule has 3 amide bonds. The van der Waals surface area contributed by atoms with Crippen LogP contribution >= 0.6 is 7.82 Å². The Morgan fingerprint density at radius 3 is 2.06 bits per heavy atom. The minimum Gasteiger partial charge on any atom is -0.315 e. The third-order valence-electron chi connectivity index (χ3n) is 5.64. The van der Waals surface area contributed by atoms with E-state index >= 15 is 0 Å². The van der Waals surface area contributed by atoms with Crippen LogP contribution in [0.4, 0.5) is 4.79 Å². The number of carbonyl (C=O) groups is 2. The van der Waals surface area contributed by atoms with E-state index in [0.29, 0.717) is 24.0 Å². The molecule has 2 N–H and O–H groups in total. The number of rotatable bonds is 12. The lowest BCUT2D eigenvalue weighted by molar-refractivity contribution is -0.132. The summed E-state index contributed by atoms with van der Waals surface area (Å²) in [5.41, 5.74) is -0.319. The molecule has 178 valence electrons. The van der Waals surface area contributed by atoms with Crippen LogP contribution in [0.15, 0.2) is 60.7 Å². The minimum atomic E-state index is -4.48. The van der Waals surface area contributed by atoms with Crippen LogP contribution in [0.3, 0.4) is 0 Å². The monoisotopic (exact) mass is 474 g/mol. The fraction of sp³-hybridized carbons (Fsp3) is 0.417. The van der Waals surface area contributed by atoms with Gasteiger partial charge in [0, 0.05) is 0 Å². The molecule has 2 atom stereocenters. The number of urea groups is 1. The van der Waals surface area contributed by atoms with E-state index in [1.54, 1.807) is 48.5 Å². The molecule has 0 saturated carbocycles. The SMILES string of the molecule is CCCCC(CCC)OP(=O)(O)OCN1C(=O)NC(c2ccccc2)(c2ccccc2)C1=O. The zero-order valence-electron chi connectivity index (χ0n) is 19.0. The molecule has 2 unspecified atom stereocenters. The Bertz CT molecular complexity index is 945. The highest BCUT2D eigenvalue weighted by Gasteiger charge is 2.54. The molecule has 3 rings (SSSR count). The summed E-state index contributed by atoms with van der Waals surface area (Å²) in [6.45, 7) is 3.29. The predicted molar refractivity (Wildman–Crippen MR) is 124 cm³/mol. The normalized spacial score (nSPS) is 18.1. The summed E-state index contributed by atoms with van der Waals surface area (Å²) in [4.78, 5) is 37.5. The van der Waals surface area contributed by atoms with E-state index in [1.165, 1.54) is 0 Å². The standard InChI is InChI=1S/C24H31N2O6P/c1-3-5-17-21(12-4-2)32-33(29,30)31-18-26-22(27)24(25-23(26)28,19-13-8-6-9-14-19)20-15-10-7-11-16-20/h6-11,13-16,21H,3-5,12,17-18H2,1-2H3,(H,25,28)(H,29,30). The van der Waals surface area contributed by atoms with Crippen LogP contribution in [-0.2, 0) is 23.9 Å². The van der Waals surface area contributed by atoms with Gasteiger partial charge in [0.05, 0.1) is 6.10 Å². The molecule has 1 aliphatic heterocycles. The molecule has 9 heteroatoms. The fourth-order valence-corrected chi connectivity index (χ4v) is 4.89. The van der Waals surface area contributed by atoms with Crippen LogP contribution in [0.5, 0.6) is 0 Å². The lowest BCUT2D eigenvalue weighted by Crippen LogP contribution is -2.45. The van der Waals surface area contributed by atoms with E-state index in [2.05, 4.69) is 5.32 Å².